The summed E-state index contributed by atoms with van der Waals surface area (Å²) < 4.78 is 18.5. The minimum Gasteiger partial charge on any atom is -0.484 e. The van der Waals surface area contributed by atoms with E-state index in [4.69, 9.17) is 19.9 Å². The predicted molar refractivity (Wildman–Crippen MR) is 128 cm³/mol. The number of carbonyl (C=O) groups excluding carboxylic acids is 1. The molecule has 0 radical (unpaired) electrons. The van der Waals surface area contributed by atoms with Crippen molar-refractivity contribution in [3.8, 4) is 17.2 Å². The van der Waals surface area contributed by atoms with Crippen molar-refractivity contribution in [1.29, 1.82) is 0 Å². The lowest BCUT2D eigenvalue weighted by molar-refractivity contribution is 0.0599. The summed E-state index contributed by atoms with van der Waals surface area (Å²) in [7, 11) is 3.24. The van der Waals surface area contributed by atoms with Crippen LogP contribution in [0.25, 0.3) is 11.0 Å². The highest BCUT2D eigenvalue weighted by atomic mass is 35.5. The Morgan fingerprint density at radius 3 is 2.45 bits per heavy atom. The zero-order valence-corrected chi connectivity index (χ0v) is 19.6. The molecule has 4 rings (SSSR count). The van der Waals surface area contributed by atoms with Crippen molar-refractivity contribution in [3.05, 3.63) is 71.3 Å². The van der Waals surface area contributed by atoms with Gasteiger partial charge in [0.15, 0.2) is 0 Å². The Bertz CT molecular complexity index is 1300. The van der Waals surface area contributed by atoms with E-state index in [0.717, 1.165) is 39.4 Å². The topological polar surface area (TPSA) is 101 Å². The number of imidazole rings is 1. The monoisotopic (exact) mass is 468 g/mol. The summed E-state index contributed by atoms with van der Waals surface area (Å²) in [6.45, 7) is 4.13. The smallest absolute Gasteiger partial charge is 0.339 e. The van der Waals surface area contributed by atoms with Crippen LogP contribution in [0.1, 0.15) is 27.3 Å². The summed E-state index contributed by atoms with van der Waals surface area (Å²) in [5.41, 5.74) is 10.8. The third kappa shape index (κ3) is 5.01. The number of hydrogen-bond donors (Lipinski definition) is 1. The molecule has 2 N–H and O–H groups in total. The molecule has 0 aliphatic heterocycles. The molecule has 2 aromatic heterocycles. The van der Waals surface area contributed by atoms with Crippen LogP contribution in [-0.4, -0.2) is 27.6 Å². The summed E-state index contributed by atoms with van der Waals surface area (Å²) >= 11 is 0. The van der Waals surface area contributed by atoms with Gasteiger partial charge in [0.05, 0.1) is 29.9 Å². The summed E-state index contributed by atoms with van der Waals surface area (Å²) in [4.78, 5) is 20.3. The molecule has 9 heteroatoms. The lowest BCUT2D eigenvalue weighted by Gasteiger charge is -2.11. The van der Waals surface area contributed by atoms with Crippen LogP contribution in [0.4, 0.5) is 5.69 Å². The standard InChI is InChI=1S/C24H24N4O4.ClH/c1-14-7-18(8-15(2)23(14)25)32-17-5-6-20-21(10-17)28(3)22(27-20)13-31-19-9-16(11-26-12-19)24(29)30-4;/h5-12H,13,25H2,1-4H3;1H. The lowest BCUT2D eigenvalue weighted by atomic mass is 10.1. The molecule has 0 amide bonds. The molecule has 0 aliphatic rings. The third-order valence-corrected chi connectivity index (χ3v) is 5.25. The fraction of sp³-hybridized carbons (Fsp3) is 0.208. The Morgan fingerprint density at radius 2 is 1.76 bits per heavy atom. The number of aromatic nitrogens is 3. The van der Waals surface area contributed by atoms with Gasteiger partial charge in [-0.15, -0.1) is 12.4 Å². The van der Waals surface area contributed by atoms with Crippen LogP contribution in [0, 0.1) is 13.8 Å². The first-order valence-electron chi connectivity index (χ1n) is 10.0. The largest absolute Gasteiger partial charge is 0.484 e. The second-order valence-electron chi connectivity index (χ2n) is 7.50. The van der Waals surface area contributed by atoms with E-state index in [0.29, 0.717) is 17.1 Å². The first-order valence-corrected chi connectivity index (χ1v) is 10.0. The van der Waals surface area contributed by atoms with Crippen molar-refractivity contribution >= 4 is 35.1 Å². The number of methoxy groups -OCH3 is 1. The minimum atomic E-state index is -0.468. The average molecular weight is 469 g/mol. The van der Waals surface area contributed by atoms with Crippen LogP contribution >= 0.6 is 12.4 Å². The molecule has 2 aromatic carbocycles. The highest BCUT2D eigenvalue weighted by Crippen LogP contribution is 2.30. The van der Waals surface area contributed by atoms with Crippen LogP contribution in [0.15, 0.2) is 48.8 Å². The van der Waals surface area contributed by atoms with Gasteiger partial charge in [-0.2, -0.15) is 0 Å². The van der Waals surface area contributed by atoms with Gasteiger partial charge < -0.3 is 24.5 Å². The lowest BCUT2D eigenvalue weighted by Crippen LogP contribution is -2.05. The van der Waals surface area contributed by atoms with Gasteiger partial charge in [-0.25, -0.2) is 9.78 Å². The van der Waals surface area contributed by atoms with Crippen LogP contribution < -0.4 is 15.2 Å². The maximum Gasteiger partial charge on any atom is 0.339 e. The Balaban J connectivity index is 0.00000306. The number of nitrogens with zero attached hydrogens (tertiary/aromatic N) is 3. The van der Waals surface area contributed by atoms with E-state index in [1.54, 1.807) is 6.07 Å². The van der Waals surface area contributed by atoms with Gasteiger partial charge in [-0.1, -0.05) is 0 Å². The molecule has 0 saturated heterocycles. The molecule has 0 saturated carbocycles. The van der Waals surface area contributed by atoms with Crippen LogP contribution in [0.3, 0.4) is 0 Å². The van der Waals surface area contributed by atoms with Crippen molar-refractivity contribution in [1.82, 2.24) is 14.5 Å². The molecule has 0 atom stereocenters. The molecule has 8 nitrogen and oxygen atoms in total. The second-order valence-corrected chi connectivity index (χ2v) is 7.50. The number of anilines is 1. The maximum atomic E-state index is 11.7. The summed E-state index contributed by atoms with van der Waals surface area (Å²) in [6, 6.07) is 11.2. The molecular formula is C24H25ClN4O4. The number of hydrogen-bond acceptors (Lipinski definition) is 7. The predicted octanol–water partition coefficient (Wildman–Crippen LogP) is 4.75. The third-order valence-electron chi connectivity index (χ3n) is 5.25. The number of nitrogens with two attached hydrogens (primary N) is 1. The number of nitrogen functional groups attached to an aromatic ring is 1. The van der Waals surface area contributed by atoms with E-state index in [9.17, 15) is 4.79 Å². The number of ether oxygens (including phenoxy) is 3. The van der Waals surface area contributed by atoms with Gasteiger partial charge in [-0.3, -0.25) is 4.98 Å². The number of benzene rings is 2. The number of halogens is 1. The van der Waals surface area contributed by atoms with E-state index < -0.39 is 5.97 Å². The zero-order valence-electron chi connectivity index (χ0n) is 18.8. The van der Waals surface area contributed by atoms with E-state index >= 15 is 0 Å². The molecule has 0 spiro atoms. The van der Waals surface area contributed by atoms with Crippen molar-refractivity contribution in [2.24, 2.45) is 7.05 Å². The Labute approximate surface area is 197 Å². The van der Waals surface area contributed by atoms with E-state index in [1.165, 1.54) is 19.5 Å². The van der Waals surface area contributed by atoms with Crippen LogP contribution in [-0.2, 0) is 18.4 Å². The maximum absolute atomic E-state index is 11.7. The molecule has 0 bridgehead atoms. The SMILES string of the molecule is COC(=O)c1cncc(OCc2nc3ccc(Oc4cc(C)c(N)c(C)c4)cc3n2C)c1.Cl. The van der Waals surface area contributed by atoms with Gasteiger partial charge >= 0.3 is 5.97 Å². The van der Waals surface area contributed by atoms with Crippen molar-refractivity contribution in [3.63, 3.8) is 0 Å². The number of esters is 1. The number of pyridine rings is 1. The normalized spacial score (nSPS) is 10.5. The zero-order chi connectivity index (χ0) is 22.8. The molecular weight excluding hydrogens is 444 g/mol. The quantitative estimate of drug-likeness (QED) is 0.322. The van der Waals surface area contributed by atoms with Crippen LogP contribution in [0.5, 0.6) is 17.2 Å². The highest BCUT2D eigenvalue weighted by molar-refractivity contribution is 5.89. The van der Waals surface area contributed by atoms with E-state index in [-0.39, 0.29) is 19.0 Å². The van der Waals surface area contributed by atoms with Gasteiger partial charge in [0.1, 0.15) is 29.7 Å². The van der Waals surface area contributed by atoms with Gasteiger partial charge in [0, 0.05) is 25.0 Å². The second kappa shape index (κ2) is 9.79. The number of aryl methyl sites for hydroxylation is 3. The van der Waals surface area contributed by atoms with Gasteiger partial charge in [0.25, 0.3) is 0 Å². The molecule has 0 unspecified atom stereocenters. The number of carbonyl (C=O) groups is 1. The number of fused-ring (bicyclic) bond motifs is 1. The molecule has 0 fully saturated rings. The molecule has 172 valence electrons. The van der Waals surface area contributed by atoms with E-state index in [1.807, 2.05) is 55.8 Å². The summed E-state index contributed by atoms with van der Waals surface area (Å²) in [5.74, 6) is 2.14. The Kier molecular flexibility index (Phi) is 7.08. The van der Waals surface area contributed by atoms with E-state index in [2.05, 4.69) is 9.97 Å². The Hall–Kier alpha value is -3.78. The van der Waals surface area contributed by atoms with Gasteiger partial charge in [-0.05, 0) is 55.3 Å². The van der Waals surface area contributed by atoms with Crippen molar-refractivity contribution in [2.75, 3.05) is 12.8 Å². The fourth-order valence-electron chi connectivity index (χ4n) is 3.42. The first-order chi connectivity index (χ1) is 15.4. The minimum absolute atomic E-state index is 0. The highest BCUT2D eigenvalue weighted by Gasteiger charge is 2.12. The molecule has 4 aromatic rings. The average Bonchev–Trinajstić information content (AvgIpc) is 3.10. The summed E-state index contributed by atoms with van der Waals surface area (Å²) in [5, 5.41) is 0. The molecule has 2 heterocycles. The van der Waals surface area contributed by atoms with Crippen molar-refractivity contribution < 1.29 is 19.0 Å². The van der Waals surface area contributed by atoms with Crippen molar-refractivity contribution in [2.45, 2.75) is 20.5 Å². The van der Waals surface area contributed by atoms with Crippen LogP contribution in [0.2, 0.25) is 0 Å². The first kappa shape index (κ1) is 23.9. The fourth-order valence-corrected chi connectivity index (χ4v) is 3.42. The number of rotatable bonds is 6. The Morgan fingerprint density at radius 1 is 1.03 bits per heavy atom. The van der Waals surface area contributed by atoms with Gasteiger partial charge in [0.2, 0.25) is 0 Å². The molecule has 0 aliphatic carbocycles. The molecule has 33 heavy (non-hydrogen) atoms. The summed E-state index contributed by atoms with van der Waals surface area (Å²) in [6.07, 6.45) is 2.97.